The molecule has 0 aliphatic heterocycles. The zero-order chi connectivity index (χ0) is 12.6. The minimum absolute atomic E-state index is 0.0902. The molecule has 1 aromatic carbocycles. The quantitative estimate of drug-likeness (QED) is 0.752. The Morgan fingerprint density at radius 3 is 1.76 bits per heavy atom. The molecule has 1 heterocycles. The van der Waals surface area contributed by atoms with Crippen LogP contribution in [-0.4, -0.2) is 15.0 Å². The molecule has 0 unspecified atom stereocenters. The Kier molecular flexibility index (Phi) is 3.17. The van der Waals surface area contributed by atoms with E-state index in [0.717, 1.165) is 12.1 Å². The molecule has 2 rings (SSSR count). The van der Waals surface area contributed by atoms with E-state index in [2.05, 4.69) is 15.0 Å². The summed E-state index contributed by atoms with van der Waals surface area (Å²) in [6, 6.07) is 1.47. The molecule has 0 saturated heterocycles. The van der Waals surface area contributed by atoms with Crippen LogP contribution in [0.1, 0.15) is 0 Å². The molecule has 0 aliphatic rings. The lowest BCUT2D eigenvalue weighted by Crippen LogP contribution is -1.97. The highest BCUT2D eigenvalue weighted by molar-refractivity contribution is 6.31. The molecule has 0 fully saturated rings. The van der Waals surface area contributed by atoms with Crippen LogP contribution in [0.3, 0.4) is 0 Å². The van der Waals surface area contributed by atoms with Gasteiger partial charge in [-0.3, -0.25) is 0 Å². The van der Waals surface area contributed by atoms with Crippen LogP contribution in [0.4, 0.5) is 13.2 Å². The average Bonchev–Trinajstić information content (AvgIpc) is 2.23. The molecule has 1 aromatic heterocycles. The van der Waals surface area contributed by atoms with Crippen molar-refractivity contribution in [2.45, 2.75) is 0 Å². The van der Waals surface area contributed by atoms with Gasteiger partial charge in [-0.25, -0.2) is 13.2 Å². The second kappa shape index (κ2) is 4.46. The molecule has 0 spiro atoms. The summed E-state index contributed by atoms with van der Waals surface area (Å²) >= 11 is 11.0. The highest BCUT2D eigenvalue weighted by Crippen LogP contribution is 2.22. The van der Waals surface area contributed by atoms with Gasteiger partial charge < -0.3 is 0 Å². The van der Waals surface area contributed by atoms with Crippen LogP contribution in [0.2, 0.25) is 10.6 Å². The fraction of sp³-hybridized carbons (Fsp3) is 0. The molecule has 8 heteroatoms. The number of aromatic nitrogens is 3. The first-order valence-corrected chi connectivity index (χ1v) is 4.95. The van der Waals surface area contributed by atoms with E-state index in [1.165, 1.54) is 0 Å². The van der Waals surface area contributed by atoms with Crippen LogP contribution in [0.5, 0.6) is 0 Å². The van der Waals surface area contributed by atoms with Crippen molar-refractivity contribution in [1.82, 2.24) is 15.0 Å². The Labute approximate surface area is 103 Å². The average molecular weight is 280 g/mol. The van der Waals surface area contributed by atoms with Crippen LogP contribution >= 0.6 is 23.2 Å². The van der Waals surface area contributed by atoms with Crippen molar-refractivity contribution in [1.29, 1.82) is 0 Å². The van der Waals surface area contributed by atoms with E-state index in [-0.39, 0.29) is 22.0 Å². The molecule has 17 heavy (non-hydrogen) atoms. The largest absolute Gasteiger partial charge is 0.227 e. The first-order valence-electron chi connectivity index (χ1n) is 4.19. The molecular formula is C9H2Cl2F3N3. The van der Waals surface area contributed by atoms with Crippen LogP contribution in [0.25, 0.3) is 11.4 Å². The molecular weight excluding hydrogens is 278 g/mol. The molecule has 0 radical (unpaired) electrons. The first kappa shape index (κ1) is 12.1. The predicted molar refractivity (Wildman–Crippen MR) is 55.2 cm³/mol. The van der Waals surface area contributed by atoms with E-state index in [4.69, 9.17) is 23.2 Å². The maximum absolute atomic E-state index is 13.0. The third-order valence-electron chi connectivity index (χ3n) is 1.82. The van der Waals surface area contributed by atoms with Gasteiger partial charge in [0.05, 0.1) is 0 Å². The second-order valence-corrected chi connectivity index (χ2v) is 3.63. The van der Waals surface area contributed by atoms with E-state index >= 15 is 0 Å². The molecule has 88 valence electrons. The molecule has 2 aromatic rings. The minimum atomic E-state index is -1.57. The summed E-state index contributed by atoms with van der Waals surface area (Å²) < 4.78 is 38.7. The lowest BCUT2D eigenvalue weighted by Gasteiger charge is -2.02. The van der Waals surface area contributed by atoms with Gasteiger partial charge in [0.15, 0.2) is 23.3 Å². The topological polar surface area (TPSA) is 38.7 Å². The zero-order valence-corrected chi connectivity index (χ0v) is 9.40. The van der Waals surface area contributed by atoms with Crippen LogP contribution in [-0.2, 0) is 0 Å². The summed E-state index contributed by atoms with van der Waals surface area (Å²) in [6.45, 7) is 0. The van der Waals surface area contributed by atoms with E-state index in [9.17, 15) is 13.2 Å². The van der Waals surface area contributed by atoms with Gasteiger partial charge in [0.1, 0.15) is 0 Å². The summed E-state index contributed by atoms with van der Waals surface area (Å²) in [7, 11) is 0. The van der Waals surface area contributed by atoms with E-state index in [0.29, 0.717) is 0 Å². The number of nitrogens with zero attached hydrogens (tertiary/aromatic N) is 3. The monoisotopic (exact) mass is 279 g/mol. The van der Waals surface area contributed by atoms with E-state index in [1.54, 1.807) is 0 Å². The van der Waals surface area contributed by atoms with Crippen molar-refractivity contribution in [2.24, 2.45) is 0 Å². The van der Waals surface area contributed by atoms with Gasteiger partial charge >= 0.3 is 0 Å². The van der Waals surface area contributed by atoms with Crippen molar-refractivity contribution in [2.75, 3.05) is 0 Å². The van der Waals surface area contributed by atoms with Gasteiger partial charge in [0, 0.05) is 5.56 Å². The van der Waals surface area contributed by atoms with Gasteiger partial charge in [0.2, 0.25) is 10.6 Å². The smallest absolute Gasteiger partial charge is 0.204 e. The number of halogens is 5. The van der Waals surface area contributed by atoms with Crippen molar-refractivity contribution >= 4 is 23.2 Å². The van der Waals surface area contributed by atoms with Crippen LogP contribution in [0, 0.1) is 17.5 Å². The SMILES string of the molecule is Fc1cc(-c2nc(Cl)nc(Cl)n2)cc(F)c1F. The summed E-state index contributed by atoms with van der Waals surface area (Å²) in [6.07, 6.45) is 0. The van der Waals surface area contributed by atoms with Gasteiger partial charge in [-0.05, 0) is 35.3 Å². The highest BCUT2D eigenvalue weighted by Gasteiger charge is 2.14. The van der Waals surface area contributed by atoms with Crippen molar-refractivity contribution in [3.05, 3.63) is 40.2 Å². The standard InChI is InChI=1S/C9H2Cl2F3N3/c10-8-15-7(16-9(11)17-8)3-1-4(12)6(14)5(13)2-3/h1-2H. The fourth-order valence-corrected chi connectivity index (χ4v) is 1.50. The lowest BCUT2D eigenvalue weighted by molar-refractivity contribution is 0.447. The van der Waals surface area contributed by atoms with Gasteiger partial charge in [-0.15, -0.1) is 0 Å². The minimum Gasteiger partial charge on any atom is -0.204 e. The fourth-order valence-electron chi connectivity index (χ4n) is 1.14. The van der Waals surface area contributed by atoms with E-state index < -0.39 is 17.5 Å². The summed E-state index contributed by atoms with van der Waals surface area (Å²) in [5, 5.41) is -0.463. The van der Waals surface area contributed by atoms with Gasteiger partial charge in [0.25, 0.3) is 0 Å². The Morgan fingerprint density at radius 2 is 1.29 bits per heavy atom. The molecule has 0 N–H and O–H groups in total. The van der Waals surface area contributed by atoms with Crippen molar-refractivity contribution < 1.29 is 13.2 Å². The normalized spacial score (nSPS) is 10.6. The summed E-state index contributed by atoms with van der Waals surface area (Å²) in [5.41, 5.74) is -0.0902. The Hall–Kier alpha value is -1.40. The number of hydrogen-bond donors (Lipinski definition) is 0. The summed E-state index contributed by atoms with van der Waals surface area (Å²) in [5.74, 6) is -4.42. The molecule has 0 saturated carbocycles. The van der Waals surface area contributed by atoms with Gasteiger partial charge in [-0.2, -0.15) is 15.0 Å². The molecule has 0 aliphatic carbocycles. The Morgan fingerprint density at radius 1 is 0.824 bits per heavy atom. The third-order valence-corrected chi connectivity index (χ3v) is 2.16. The van der Waals surface area contributed by atoms with Gasteiger partial charge in [-0.1, -0.05) is 0 Å². The molecule has 0 amide bonds. The van der Waals surface area contributed by atoms with Crippen molar-refractivity contribution in [3.63, 3.8) is 0 Å². The lowest BCUT2D eigenvalue weighted by atomic mass is 10.2. The second-order valence-electron chi connectivity index (χ2n) is 2.95. The maximum Gasteiger partial charge on any atom is 0.227 e. The Balaban J connectivity index is 2.60. The maximum atomic E-state index is 13.0. The zero-order valence-electron chi connectivity index (χ0n) is 7.89. The number of rotatable bonds is 1. The number of hydrogen-bond acceptors (Lipinski definition) is 3. The number of benzene rings is 1. The van der Waals surface area contributed by atoms with E-state index in [1.807, 2.05) is 0 Å². The van der Waals surface area contributed by atoms with Crippen LogP contribution < -0.4 is 0 Å². The Bertz CT molecular complexity index is 548. The predicted octanol–water partition coefficient (Wildman–Crippen LogP) is 3.26. The van der Waals surface area contributed by atoms with Crippen LogP contribution in [0.15, 0.2) is 12.1 Å². The molecule has 3 nitrogen and oxygen atoms in total. The molecule has 0 bridgehead atoms. The first-order chi connectivity index (χ1) is 7.97. The van der Waals surface area contributed by atoms with Crippen molar-refractivity contribution in [3.8, 4) is 11.4 Å². The molecule has 0 atom stereocenters. The highest BCUT2D eigenvalue weighted by atomic mass is 35.5. The summed E-state index contributed by atoms with van der Waals surface area (Å²) in [4.78, 5) is 10.7. The third kappa shape index (κ3) is 2.48.